The number of hydrogen-bond donors (Lipinski definition) is 7. The summed E-state index contributed by atoms with van der Waals surface area (Å²) in [6, 6.07) is -4.52. The number of carboxylic acids is 2. The molecule has 1 fully saturated rings. The summed E-state index contributed by atoms with van der Waals surface area (Å²) in [5, 5.41) is 28.0. The molecule has 0 bridgehead atoms. The van der Waals surface area contributed by atoms with Crippen LogP contribution in [0.5, 0.6) is 0 Å². The summed E-state index contributed by atoms with van der Waals surface area (Å²) in [7, 11) is 0. The predicted molar refractivity (Wildman–Crippen MR) is 110 cm³/mol. The molecule has 0 aromatic carbocycles. The summed E-state index contributed by atoms with van der Waals surface area (Å²) in [6.45, 7) is 3.85. The second kappa shape index (κ2) is 12.6. The van der Waals surface area contributed by atoms with Crippen molar-refractivity contribution in [2.75, 3.05) is 6.54 Å². The second-order valence-corrected chi connectivity index (χ2v) is 7.94. The van der Waals surface area contributed by atoms with Gasteiger partial charge in [0.1, 0.15) is 18.1 Å². The molecule has 8 N–H and O–H groups in total. The molecule has 4 unspecified atom stereocenters. The van der Waals surface area contributed by atoms with Gasteiger partial charge in [-0.2, -0.15) is 0 Å². The first-order valence-electron chi connectivity index (χ1n) is 10.3. The molecule has 1 aliphatic rings. The van der Waals surface area contributed by atoms with Crippen LogP contribution in [-0.2, 0) is 28.8 Å². The van der Waals surface area contributed by atoms with Gasteiger partial charge in [-0.05, 0) is 31.7 Å². The molecule has 0 aromatic heterocycles. The fourth-order valence-corrected chi connectivity index (χ4v) is 3.16. The van der Waals surface area contributed by atoms with Gasteiger partial charge in [-0.15, -0.1) is 0 Å². The first-order valence-corrected chi connectivity index (χ1v) is 10.3. The van der Waals surface area contributed by atoms with Gasteiger partial charge in [0, 0.05) is 6.42 Å². The number of amides is 4. The van der Waals surface area contributed by atoms with Crippen molar-refractivity contribution in [2.24, 2.45) is 11.7 Å². The average molecular weight is 457 g/mol. The smallest absolute Gasteiger partial charge is 0.326 e. The van der Waals surface area contributed by atoms with Crippen LogP contribution >= 0.6 is 0 Å². The van der Waals surface area contributed by atoms with Crippen LogP contribution in [0.25, 0.3) is 0 Å². The second-order valence-electron chi connectivity index (χ2n) is 7.94. The molecule has 0 aromatic rings. The molecule has 4 atom stereocenters. The number of carbonyl (C=O) groups excluding carboxylic acids is 4. The zero-order chi connectivity index (χ0) is 24.4. The lowest BCUT2D eigenvalue weighted by atomic mass is 10.0. The van der Waals surface area contributed by atoms with Crippen LogP contribution in [0.15, 0.2) is 0 Å². The van der Waals surface area contributed by atoms with E-state index in [2.05, 4.69) is 21.3 Å². The molecule has 0 saturated carbocycles. The van der Waals surface area contributed by atoms with E-state index in [0.717, 1.165) is 6.42 Å². The predicted octanol–water partition coefficient (Wildman–Crippen LogP) is -2.33. The first kappa shape index (κ1) is 26.8. The Hall–Kier alpha value is -3.22. The minimum absolute atomic E-state index is 0.0944. The van der Waals surface area contributed by atoms with Gasteiger partial charge in [-0.1, -0.05) is 13.8 Å². The molecule has 13 nitrogen and oxygen atoms in total. The Balaban J connectivity index is 2.91. The monoisotopic (exact) mass is 457 g/mol. The molecule has 0 spiro atoms. The Morgan fingerprint density at radius 1 is 1.00 bits per heavy atom. The molecule has 1 aliphatic heterocycles. The highest BCUT2D eigenvalue weighted by atomic mass is 16.4. The third-order valence-corrected chi connectivity index (χ3v) is 4.93. The summed E-state index contributed by atoms with van der Waals surface area (Å²) in [6.07, 6.45) is 0.267. The zero-order valence-electron chi connectivity index (χ0n) is 18.1. The largest absolute Gasteiger partial charge is 0.481 e. The molecule has 32 heavy (non-hydrogen) atoms. The number of carbonyl (C=O) groups is 6. The lowest BCUT2D eigenvalue weighted by Crippen LogP contribution is -2.58. The van der Waals surface area contributed by atoms with Crippen LogP contribution in [-0.4, -0.2) is 76.5 Å². The number of nitrogens with two attached hydrogens (primary N) is 1. The molecule has 0 aliphatic carbocycles. The van der Waals surface area contributed by atoms with Crippen molar-refractivity contribution in [1.82, 2.24) is 21.3 Å². The summed E-state index contributed by atoms with van der Waals surface area (Å²) >= 11 is 0. The third kappa shape index (κ3) is 8.88. The Labute approximate surface area is 184 Å². The van der Waals surface area contributed by atoms with E-state index >= 15 is 0 Å². The van der Waals surface area contributed by atoms with Crippen LogP contribution in [0.3, 0.4) is 0 Å². The maximum absolute atomic E-state index is 12.8. The van der Waals surface area contributed by atoms with Crippen molar-refractivity contribution in [3.63, 3.8) is 0 Å². The quantitative estimate of drug-likeness (QED) is 0.158. The van der Waals surface area contributed by atoms with Crippen molar-refractivity contribution < 1.29 is 39.0 Å². The molecule has 1 rings (SSSR count). The molecular weight excluding hydrogens is 426 g/mol. The normalized spacial score (nSPS) is 18.3. The number of nitrogens with one attached hydrogen (secondary N) is 4. The van der Waals surface area contributed by atoms with E-state index < -0.39 is 72.1 Å². The van der Waals surface area contributed by atoms with Gasteiger partial charge < -0.3 is 37.2 Å². The van der Waals surface area contributed by atoms with Crippen LogP contribution in [0, 0.1) is 5.92 Å². The average Bonchev–Trinajstić information content (AvgIpc) is 3.22. The highest BCUT2D eigenvalue weighted by Gasteiger charge is 2.33. The van der Waals surface area contributed by atoms with Crippen molar-refractivity contribution >= 4 is 35.6 Å². The van der Waals surface area contributed by atoms with Gasteiger partial charge in [0.25, 0.3) is 0 Å². The molecular formula is C19H31N5O8. The van der Waals surface area contributed by atoms with Gasteiger partial charge in [-0.25, -0.2) is 4.79 Å². The van der Waals surface area contributed by atoms with Crippen molar-refractivity contribution in [3.05, 3.63) is 0 Å². The van der Waals surface area contributed by atoms with Crippen molar-refractivity contribution in [2.45, 2.75) is 70.1 Å². The van der Waals surface area contributed by atoms with E-state index in [-0.39, 0.29) is 12.8 Å². The highest BCUT2D eigenvalue weighted by Crippen LogP contribution is 2.09. The highest BCUT2D eigenvalue weighted by molar-refractivity contribution is 5.95. The standard InChI is InChI=1S/C19H31N5O8/c1-9(2)15(18(30)23-12(19(31)32)8-14(26)27)24-17(29)11(5-6-13(20)25)22-16(28)10-4-3-7-21-10/h9-12,15,21H,3-8H2,1-2H3,(H2,20,25)(H,22,28)(H,23,30)(H,24,29)(H,26,27)(H,31,32). The van der Waals surface area contributed by atoms with E-state index in [1.165, 1.54) is 0 Å². The molecule has 180 valence electrons. The minimum atomic E-state index is -1.68. The van der Waals surface area contributed by atoms with Crippen molar-refractivity contribution in [3.8, 4) is 0 Å². The van der Waals surface area contributed by atoms with Gasteiger partial charge in [-0.3, -0.25) is 24.0 Å². The first-order chi connectivity index (χ1) is 14.9. The summed E-state index contributed by atoms with van der Waals surface area (Å²) in [5.74, 6) is -6.20. The zero-order valence-corrected chi connectivity index (χ0v) is 18.1. The van der Waals surface area contributed by atoms with E-state index in [1.54, 1.807) is 13.8 Å². The lowest BCUT2D eigenvalue weighted by Gasteiger charge is -2.26. The van der Waals surface area contributed by atoms with Crippen LogP contribution in [0.4, 0.5) is 0 Å². The number of carboxylic acid groups (broad SMARTS) is 2. The van der Waals surface area contributed by atoms with Crippen LogP contribution in [0.1, 0.15) is 46.0 Å². The Morgan fingerprint density at radius 2 is 1.66 bits per heavy atom. The van der Waals surface area contributed by atoms with Gasteiger partial charge in [0.05, 0.1) is 12.5 Å². The molecule has 4 amide bonds. The Morgan fingerprint density at radius 3 is 2.12 bits per heavy atom. The fourth-order valence-electron chi connectivity index (χ4n) is 3.16. The summed E-state index contributed by atoms with van der Waals surface area (Å²) in [4.78, 5) is 71.1. The number of primary amides is 1. The van der Waals surface area contributed by atoms with Crippen LogP contribution in [0.2, 0.25) is 0 Å². The van der Waals surface area contributed by atoms with Crippen molar-refractivity contribution in [1.29, 1.82) is 0 Å². The lowest BCUT2D eigenvalue weighted by molar-refractivity contribution is -0.147. The fraction of sp³-hybridized carbons (Fsp3) is 0.684. The molecule has 13 heteroatoms. The van der Waals surface area contributed by atoms with Gasteiger partial charge >= 0.3 is 11.9 Å². The number of rotatable bonds is 13. The summed E-state index contributed by atoms with van der Waals surface area (Å²) < 4.78 is 0. The minimum Gasteiger partial charge on any atom is -0.481 e. The Kier molecular flexibility index (Phi) is 10.5. The number of hydrogen-bond acceptors (Lipinski definition) is 7. The number of aliphatic carboxylic acids is 2. The third-order valence-electron chi connectivity index (χ3n) is 4.93. The van der Waals surface area contributed by atoms with Gasteiger partial charge in [0.2, 0.25) is 23.6 Å². The maximum atomic E-state index is 12.8. The van der Waals surface area contributed by atoms with E-state index in [9.17, 15) is 28.8 Å². The van der Waals surface area contributed by atoms with Crippen LogP contribution < -0.4 is 27.0 Å². The molecule has 1 heterocycles. The Bertz CT molecular complexity index is 735. The van der Waals surface area contributed by atoms with E-state index in [1.807, 2.05) is 0 Å². The molecule has 0 radical (unpaired) electrons. The molecule has 1 saturated heterocycles. The van der Waals surface area contributed by atoms with E-state index in [0.29, 0.717) is 13.0 Å². The summed E-state index contributed by atoms with van der Waals surface area (Å²) in [5.41, 5.74) is 5.15. The SMILES string of the molecule is CC(C)C(NC(=O)C(CCC(N)=O)NC(=O)C1CCCN1)C(=O)NC(CC(=O)O)C(=O)O. The van der Waals surface area contributed by atoms with E-state index in [4.69, 9.17) is 15.9 Å². The maximum Gasteiger partial charge on any atom is 0.326 e. The van der Waals surface area contributed by atoms with Gasteiger partial charge in [0.15, 0.2) is 0 Å². The topological polar surface area (TPSA) is 217 Å².